The van der Waals surface area contributed by atoms with Gasteiger partial charge in [-0.2, -0.15) is 0 Å². The Bertz CT molecular complexity index is 754. The van der Waals surface area contributed by atoms with Crippen LogP contribution in [0, 0.1) is 12.8 Å². The lowest BCUT2D eigenvalue weighted by Gasteiger charge is -2.34. The number of benzene rings is 1. The summed E-state index contributed by atoms with van der Waals surface area (Å²) in [5.74, 6) is 2.11. The second-order valence-electron chi connectivity index (χ2n) is 7.92. The fraction of sp³-hybridized carbons (Fsp3) is 0.619. The highest BCUT2D eigenvalue weighted by atomic mass is 16.2. The van der Waals surface area contributed by atoms with Crippen molar-refractivity contribution in [1.82, 2.24) is 19.4 Å². The standard InChI is InChI=1S/C21H30N4O/c1-17-22-19-7-3-4-8-20(19)25(17)15-18-9-13-23(14-10-18)16-21(26)24-11-5-2-6-12-24/h3-4,7-8,18H,2,5-6,9-16H2,1H3. The minimum Gasteiger partial charge on any atom is -0.342 e. The van der Waals surface area contributed by atoms with E-state index in [0.29, 0.717) is 18.4 Å². The summed E-state index contributed by atoms with van der Waals surface area (Å²) in [6, 6.07) is 8.40. The van der Waals surface area contributed by atoms with Gasteiger partial charge in [0.2, 0.25) is 5.91 Å². The van der Waals surface area contributed by atoms with Crippen LogP contribution in [0.1, 0.15) is 37.9 Å². The van der Waals surface area contributed by atoms with Crippen molar-refractivity contribution in [2.45, 2.75) is 45.6 Å². The molecule has 26 heavy (non-hydrogen) atoms. The maximum absolute atomic E-state index is 12.5. The Morgan fingerprint density at radius 3 is 2.58 bits per heavy atom. The highest BCUT2D eigenvalue weighted by molar-refractivity contribution is 5.78. The van der Waals surface area contributed by atoms with E-state index in [-0.39, 0.29) is 0 Å². The van der Waals surface area contributed by atoms with Crippen molar-refractivity contribution in [3.8, 4) is 0 Å². The summed E-state index contributed by atoms with van der Waals surface area (Å²) in [5, 5.41) is 0. The van der Waals surface area contributed by atoms with Gasteiger partial charge in [0.1, 0.15) is 5.82 Å². The molecule has 3 heterocycles. The number of carbonyl (C=O) groups is 1. The van der Waals surface area contributed by atoms with Crippen LogP contribution in [-0.2, 0) is 11.3 Å². The number of nitrogens with zero attached hydrogens (tertiary/aromatic N) is 4. The second kappa shape index (κ2) is 7.78. The van der Waals surface area contributed by atoms with Gasteiger partial charge in [-0.25, -0.2) is 4.98 Å². The molecular weight excluding hydrogens is 324 g/mol. The lowest BCUT2D eigenvalue weighted by atomic mass is 9.96. The number of piperidine rings is 2. The lowest BCUT2D eigenvalue weighted by Crippen LogP contribution is -2.45. The van der Waals surface area contributed by atoms with E-state index in [1.54, 1.807) is 0 Å². The zero-order valence-corrected chi connectivity index (χ0v) is 15.9. The van der Waals surface area contributed by atoms with E-state index < -0.39 is 0 Å². The molecule has 0 aliphatic carbocycles. The largest absolute Gasteiger partial charge is 0.342 e. The predicted octanol–water partition coefficient (Wildman–Crippen LogP) is 3.07. The van der Waals surface area contributed by atoms with Crippen molar-refractivity contribution in [2.24, 2.45) is 5.92 Å². The van der Waals surface area contributed by atoms with Gasteiger partial charge in [-0.3, -0.25) is 9.69 Å². The van der Waals surface area contributed by atoms with Gasteiger partial charge in [-0.05, 0) is 70.2 Å². The topological polar surface area (TPSA) is 41.4 Å². The summed E-state index contributed by atoms with van der Waals surface area (Å²) in [5.41, 5.74) is 2.34. The zero-order chi connectivity index (χ0) is 17.9. The summed E-state index contributed by atoms with van der Waals surface area (Å²) < 4.78 is 2.37. The minimum atomic E-state index is 0.333. The Kier molecular flexibility index (Phi) is 5.25. The lowest BCUT2D eigenvalue weighted by molar-refractivity contribution is -0.133. The van der Waals surface area contributed by atoms with Crippen LogP contribution in [0.2, 0.25) is 0 Å². The Labute approximate surface area is 156 Å². The number of para-hydroxylation sites is 2. The van der Waals surface area contributed by atoms with Crippen molar-refractivity contribution >= 4 is 16.9 Å². The number of aryl methyl sites for hydroxylation is 1. The monoisotopic (exact) mass is 354 g/mol. The maximum atomic E-state index is 12.5. The van der Waals surface area contributed by atoms with E-state index in [1.807, 2.05) is 0 Å². The van der Waals surface area contributed by atoms with Gasteiger partial charge < -0.3 is 9.47 Å². The molecule has 0 unspecified atom stereocenters. The number of imidazole rings is 1. The molecule has 5 heteroatoms. The molecule has 1 aromatic carbocycles. The molecule has 0 radical (unpaired) electrons. The zero-order valence-electron chi connectivity index (χ0n) is 15.9. The third-order valence-corrected chi connectivity index (χ3v) is 6.06. The van der Waals surface area contributed by atoms with Crippen molar-refractivity contribution < 1.29 is 4.79 Å². The fourth-order valence-electron chi connectivity index (χ4n) is 4.45. The average Bonchev–Trinajstić information content (AvgIpc) is 2.99. The molecule has 1 aromatic heterocycles. The van der Waals surface area contributed by atoms with Crippen LogP contribution in [0.3, 0.4) is 0 Å². The first-order valence-electron chi connectivity index (χ1n) is 10.1. The van der Waals surface area contributed by atoms with Gasteiger partial charge in [-0.1, -0.05) is 12.1 Å². The normalized spacial score (nSPS) is 20.0. The summed E-state index contributed by atoms with van der Waals surface area (Å²) in [7, 11) is 0. The quantitative estimate of drug-likeness (QED) is 0.847. The first kappa shape index (κ1) is 17.5. The van der Waals surface area contributed by atoms with Crippen LogP contribution in [-0.4, -0.2) is 58.0 Å². The van der Waals surface area contributed by atoms with Crippen LogP contribution < -0.4 is 0 Å². The smallest absolute Gasteiger partial charge is 0.236 e. The molecule has 2 aliphatic rings. The van der Waals surface area contributed by atoms with E-state index in [1.165, 1.54) is 37.6 Å². The Balaban J connectivity index is 1.31. The minimum absolute atomic E-state index is 0.333. The summed E-state index contributed by atoms with van der Waals surface area (Å²) in [4.78, 5) is 21.6. The van der Waals surface area contributed by atoms with Crippen LogP contribution >= 0.6 is 0 Å². The van der Waals surface area contributed by atoms with Crippen molar-refractivity contribution in [2.75, 3.05) is 32.7 Å². The molecule has 140 valence electrons. The summed E-state index contributed by atoms with van der Waals surface area (Å²) in [6.45, 7) is 7.75. The summed E-state index contributed by atoms with van der Waals surface area (Å²) >= 11 is 0. The summed E-state index contributed by atoms with van der Waals surface area (Å²) in [6.07, 6.45) is 5.95. The third-order valence-electron chi connectivity index (χ3n) is 6.06. The first-order valence-corrected chi connectivity index (χ1v) is 10.1. The molecule has 0 saturated carbocycles. The molecule has 0 atom stereocenters. The Hall–Kier alpha value is -1.88. The molecule has 0 N–H and O–H groups in total. The highest BCUT2D eigenvalue weighted by Gasteiger charge is 2.24. The third kappa shape index (κ3) is 3.78. The molecule has 2 aliphatic heterocycles. The number of amides is 1. The molecule has 1 amide bonds. The molecule has 0 spiro atoms. The number of aromatic nitrogens is 2. The van der Waals surface area contributed by atoms with Crippen LogP contribution in [0.25, 0.3) is 11.0 Å². The molecule has 2 saturated heterocycles. The van der Waals surface area contributed by atoms with Gasteiger partial charge in [0, 0.05) is 19.6 Å². The van der Waals surface area contributed by atoms with E-state index in [4.69, 9.17) is 0 Å². The van der Waals surface area contributed by atoms with Crippen molar-refractivity contribution in [3.05, 3.63) is 30.1 Å². The highest BCUT2D eigenvalue weighted by Crippen LogP contribution is 2.23. The van der Waals surface area contributed by atoms with E-state index in [0.717, 1.165) is 44.1 Å². The van der Waals surface area contributed by atoms with Gasteiger partial charge >= 0.3 is 0 Å². The number of hydrogen-bond donors (Lipinski definition) is 0. The van der Waals surface area contributed by atoms with Gasteiger partial charge in [-0.15, -0.1) is 0 Å². The number of hydrogen-bond acceptors (Lipinski definition) is 3. The molecular formula is C21H30N4O. The van der Waals surface area contributed by atoms with E-state index >= 15 is 0 Å². The fourth-order valence-corrected chi connectivity index (χ4v) is 4.45. The van der Waals surface area contributed by atoms with Gasteiger partial charge in [0.15, 0.2) is 0 Å². The van der Waals surface area contributed by atoms with E-state index in [9.17, 15) is 4.79 Å². The van der Waals surface area contributed by atoms with Crippen LogP contribution in [0.15, 0.2) is 24.3 Å². The van der Waals surface area contributed by atoms with Crippen LogP contribution in [0.5, 0.6) is 0 Å². The average molecular weight is 354 g/mol. The van der Waals surface area contributed by atoms with Crippen molar-refractivity contribution in [1.29, 1.82) is 0 Å². The first-order chi connectivity index (χ1) is 12.7. The van der Waals surface area contributed by atoms with E-state index in [2.05, 4.69) is 50.5 Å². The SMILES string of the molecule is Cc1nc2ccccc2n1CC1CCN(CC(=O)N2CCCCC2)CC1. The van der Waals surface area contributed by atoms with Gasteiger partial charge in [0.05, 0.1) is 17.6 Å². The Morgan fingerprint density at radius 1 is 1.08 bits per heavy atom. The molecule has 5 nitrogen and oxygen atoms in total. The van der Waals surface area contributed by atoms with Crippen molar-refractivity contribution in [3.63, 3.8) is 0 Å². The number of carbonyl (C=O) groups excluding carboxylic acids is 1. The Morgan fingerprint density at radius 2 is 1.81 bits per heavy atom. The second-order valence-corrected chi connectivity index (χ2v) is 7.92. The molecule has 4 rings (SSSR count). The number of likely N-dealkylation sites (tertiary alicyclic amines) is 2. The molecule has 0 bridgehead atoms. The number of rotatable bonds is 4. The molecule has 2 aromatic rings. The predicted molar refractivity (Wildman–Crippen MR) is 104 cm³/mol. The maximum Gasteiger partial charge on any atom is 0.236 e. The van der Waals surface area contributed by atoms with Crippen LogP contribution in [0.4, 0.5) is 0 Å². The molecule has 2 fully saturated rings. The van der Waals surface area contributed by atoms with Gasteiger partial charge in [0.25, 0.3) is 0 Å². The number of fused-ring (bicyclic) bond motifs is 1.